The number of hydrogen-bond acceptors (Lipinski definition) is 5. The van der Waals surface area contributed by atoms with Gasteiger partial charge in [0.15, 0.2) is 0 Å². The Hall–Kier alpha value is -2.09. The first-order valence-electron chi connectivity index (χ1n) is 11.8. The highest BCUT2D eigenvalue weighted by atomic mass is 79.9. The largest absolute Gasteiger partial charge is 0.490 e. The number of benzene rings is 2. The van der Waals surface area contributed by atoms with E-state index in [0.717, 1.165) is 52.0 Å². The molecular formula is C26H34BrN2O5P. The fraction of sp³-hybridized carbons (Fsp3) is 0.385. The van der Waals surface area contributed by atoms with E-state index in [1.54, 1.807) is 12.5 Å². The van der Waals surface area contributed by atoms with Gasteiger partial charge < -0.3 is 29.6 Å². The van der Waals surface area contributed by atoms with Crippen LogP contribution in [0.25, 0.3) is 11.1 Å². The molecule has 0 saturated carbocycles. The van der Waals surface area contributed by atoms with Crippen LogP contribution in [-0.2, 0) is 17.5 Å². The number of ether oxygens (including phenoxy) is 1. The van der Waals surface area contributed by atoms with Crippen LogP contribution in [0.4, 0.5) is 5.69 Å². The van der Waals surface area contributed by atoms with Gasteiger partial charge in [-0.15, -0.1) is 0 Å². The van der Waals surface area contributed by atoms with Crippen molar-refractivity contribution in [1.29, 1.82) is 0 Å². The fourth-order valence-corrected chi connectivity index (χ4v) is 4.81. The second kappa shape index (κ2) is 13.3. The molecule has 3 rings (SSSR count). The molecule has 0 aliphatic rings. The fourth-order valence-electron chi connectivity index (χ4n) is 3.72. The van der Waals surface area contributed by atoms with E-state index in [4.69, 9.17) is 18.9 Å². The van der Waals surface area contributed by atoms with Crippen LogP contribution in [-0.4, -0.2) is 35.1 Å². The average molecular weight is 565 g/mol. The molecule has 0 spiro atoms. The third-order valence-electron chi connectivity index (χ3n) is 5.36. The molecule has 9 heteroatoms. The van der Waals surface area contributed by atoms with Crippen molar-refractivity contribution in [2.75, 3.05) is 24.6 Å². The first-order chi connectivity index (χ1) is 16.7. The van der Waals surface area contributed by atoms with E-state index in [2.05, 4.69) is 56.9 Å². The molecule has 0 atom stereocenters. The van der Waals surface area contributed by atoms with Crippen molar-refractivity contribution in [1.82, 2.24) is 5.32 Å². The molecule has 0 saturated heterocycles. The number of anilines is 1. The van der Waals surface area contributed by atoms with Crippen molar-refractivity contribution in [3.63, 3.8) is 0 Å². The van der Waals surface area contributed by atoms with E-state index >= 15 is 0 Å². The molecular weight excluding hydrogens is 531 g/mol. The Balaban J connectivity index is 1.55. The summed E-state index contributed by atoms with van der Waals surface area (Å²) in [6.07, 6.45) is 5.79. The van der Waals surface area contributed by atoms with E-state index in [1.165, 1.54) is 5.56 Å². The van der Waals surface area contributed by atoms with E-state index in [9.17, 15) is 4.57 Å². The number of hydrogen-bond donors (Lipinski definition) is 4. The first-order valence-corrected chi connectivity index (χ1v) is 14.4. The summed E-state index contributed by atoms with van der Waals surface area (Å²) in [5, 5.41) is 6.81. The third kappa shape index (κ3) is 9.47. The Morgan fingerprint density at radius 1 is 1.06 bits per heavy atom. The van der Waals surface area contributed by atoms with Gasteiger partial charge in [-0.2, -0.15) is 0 Å². The monoisotopic (exact) mass is 564 g/mol. The molecule has 3 aromatic rings. The van der Waals surface area contributed by atoms with Crippen LogP contribution < -0.4 is 15.4 Å². The number of nitrogens with one attached hydrogen (secondary N) is 2. The smallest absolute Gasteiger partial charge is 0.325 e. The maximum atomic E-state index is 11.0. The van der Waals surface area contributed by atoms with E-state index in [0.29, 0.717) is 19.5 Å². The molecule has 190 valence electrons. The predicted octanol–water partition coefficient (Wildman–Crippen LogP) is 6.20. The van der Waals surface area contributed by atoms with Crippen LogP contribution in [0.1, 0.15) is 37.8 Å². The molecule has 0 unspecified atom stereocenters. The Bertz CT molecular complexity index is 1110. The van der Waals surface area contributed by atoms with Crippen LogP contribution in [0.15, 0.2) is 63.9 Å². The lowest BCUT2D eigenvalue weighted by molar-refractivity contribution is 0.241. The lowest BCUT2D eigenvalue weighted by atomic mass is 10.0. The van der Waals surface area contributed by atoms with Gasteiger partial charge >= 0.3 is 7.60 Å². The minimum atomic E-state index is -3.94. The summed E-state index contributed by atoms with van der Waals surface area (Å²) >= 11 is 3.61. The van der Waals surface area contributed by atoms with Gasteiger partial charge in [0.25, 0.3) is 0 Å². The Morgan fingerprint density at radius 3 is 2.54 bits per heavy atom. The SMILES string of the molecule is CC(C)Oc1ccc(CCCNc2ccc(CNCCCP(=O)(O)O)cc2-c2ccoc2)cc1Br. The van der Waals surface area contributed by atoms with Gasteiger partial charge in [0.2, 0.25) is 0 Å². The molecule has 7 nitrogen and oxygen atoms in total. The van der Waals surface area contributed by atoms with E-state index in [-0.39, 0.29) is 12.3 Å². The second-order valence-corrected chi connectivity index (χ2v) is 11.4. The van der Waals surface area contributed by atoms with Gasteiger partial charge in [-0.1, -0.05) is 12.1 Å². The number of rotatable bonds is 14. The molecule has 0 aliphatic carbocycles. The van der Waals surface area contributed by atoms with Crippen molar-refractivity contribution in [3.8, 4) is 16.9 Å². The zero-order valence-electron chi connectivity index (χ0n) is 20.2. The average Bonchev–Trinajstić information content (AvgIpc) is 3.32. The quantitative estimate of drug-likeness (QED) is 0.136. The number of furan rings is 1. The van der Waals surface area contributed by atoms with Crippen molar-refractivity contribution in [2.45, 2.75) is 45.8 Å². The van der Waals surface area contributed by atoms with Crippen LogP contribution in [0.5, 0.6) is 5.75 Å². The van der Waals surface area contributed by atoms with Gasteiger partial charge in [0.1, 0.15) is 5.75 Å². The van der Waals surface area contributed by atoms with Gasteiger partial charge in [0, 0.05) is 29.9 Å². The third-order valence-corrected chi connectivity index (χ3v) is 6.88. The zero-order valence-corrected chi connectivity index (χ0v) is 22.6. The normalized spacial score (nSPS) is 11.7. The first kappa shape index (κ1) is 27.5. The highest BCUT2D eigenvalue weighted by molar-refractivity contribution is 9.10. The molecule has 0 bridgehead atoms. The maximum absolute atomic E-state index is 11.0. The summed E-state index contributed by atoms with van der Waals surface area (Å²) in [5.74, 6) is 0.864. The predicted molar refractivity (Wildman–Crippen MR) is 144 cm³/mol. The van der Waals surface area contributed by atoms with Crippen LogP contribution >= 0.6 is 23.5 Å². The lowest BCUT2D eigenvalue weighted by Crippen LogP contribution is -2.16. The van der Waals surface area contributed by atoms with Crippen LogP contribution in [0.2, 0.25) is 0 Å². The zero-order chi connectivity index (χ0) is 25.3. The number of halogens is 1. The molecule has 0 aliphatic heterocycles. The van der Waals surface area contributed by atoms with Crippen molar-refractivity contribution in [3.05, 3.63) is 70.6 Å². The van der Waals surface area contributed by atoms with E-state index in [1.807, 2.05) is 26.0 Å². The summed E-state index contributed by atoms with van der Waals surface area (Å²) in [5.41, 5.74) is 5.45. The Morgan fingerprint density at radius 2 is 1.86 bits per heavy atom. The molecule has 4 N–H and O–H groups in total. The van der Waals surface area contributed by atoms with Crippen molar-refractivity contribution in [2.24, 2.45) is 0 Å². The molecule has 35 heavy (non-hydrogen) atoms. The standard InChI is InChI=1S/C26H34BrN2O5P/c1-19(2)34-26-9-7-20(16-24(26)27)5-3-12-29-25-8-6-21(15-23(25)22-10-13-33-18-22)17-28-11-4-14-35(30,31)32/h6-10,13,15-16,18-19,28-29H,3-5,11-12,14,17H2,1-2H3,(H2,30,31,32). The van der Waals surface area contributed by atoms with Gasteiger partial charge in [0.05, 0.1) is 29.3 Å². The minimum Gasteiger partial charge on any atom is -0.490 e. The van der Waals surface area contributed by atoms with E-state index < -0.39 is 7.60 Å². The lowest BCUT2D eigenvalue weighted by Gasteiger charge is -2.14. The van der Waals surface area contributed by atoms with Crippen molar-refractivity contribution < 1.29 is 23.5 Å². The van der Waals surface area contributed by atoms with Crippen LogP contribution in [0.3, 0.4) is 0 Å². The molecule has 1 heterocycles. The summed E-state index contributed by atoms with van der Waals surface area (Å²) in [7, 11) is -3.94. The molecule has 0 amide bonds. The van der Waals surface area contributed by atoms with Crippen LogP contribution in [0, 0.1) is 0 Å². The topological polar surface area (TPSA) is 104 Å². The summed E-state index contributed by atoms with van der Waals surface area (Å²) in [6, 6.07) is 14.4. The Labute approximate surface area is 215 Å². The number of aryl methyl sites for hydroxylation is 1. The molecule has 2 aromatic carbocycles. The van der Waals surface area contributed by atoms with Gasteiger partial charge in [-0.25, -0.2) is 0 Å². The summed E-state index contributed by atoms with van der Waals surface area (Å²) < 4.78 is 23.0. The van der Waals surface area contributed by atoms with Gasteiger partial charge in [-0.3, -0.25) is 4.57 Å². The Kier molecular flexibility index (Phi) is 10.4. The highest BCUT2D eigenvalue weighted by Gasteiger charge is 2.12. The summed E-state index contributed by atoms with van der Waals surface area (Å²) in [4.78, 5) is 17.9. The summed E-state index contributed by atoms with van der Waals surface area (Å²) in [6.45, 7) is 6.03. The maximum Gasteiger partial charge on any atom is 0.325 e. The molecule has 0 radical (unpaired) electrons. The van der Waals surface area contributed by atoms with Gasteiger partial charge in [-0.05, 0) is 97.0 Å². The highest BCUT2D eigenvalue weighted by Crippen LogP contribution is 2.34. The molecule has 1 aromatic heterocycles. The minimum absolute atomic E-state index is 0.101. The van der Waals surface area contributed by atoms with Crippen molar-refractivity contribution >= 4 is 29.2 Å². The molecule has 0 fully saturated rings. The second-order valence-electron chi connectivity index (χ2n) is 8.77.